The molecule has 0 radical (unpaired) electrons. The van der Waals surface area contributed by atoms with Crippen LogP contribution in [-0.4, -0.2) is 7.11 Å². The molecular weight excluding hydrogens is 174 g/mol. The van der Waals surface area contributed by atoms with Gasteiger partial charge in [-0.15, -0.1) is 0 Å². The summed E-state index contributed by atoms with van der Waals surface area (Å²) in [5.74, 6) is 6.02. The summed E-state index contributed by atoms with van der Waals surface area (Å²) in [5.41, 5.74) is 2.93. The number of rotatable bonds is 1. The maximum absolute atomic E-state index is 8.34. The van der Waals surface area contributed by atoms with E-state index in [0.29, 0.717) is 0 Å². The molecule has 0 aliphatic heterocycles. The number of ether oxygens (including phenoxy) is 1. The zero-order chi connectivity index (χ0) is 10.6. The SMILES string of the molecule is COc1cc(C)c(C#CC#N)cc1C. The predicted octanol–water partition coefficient (Wildman–Crippen LogP) is 2.19. The molecular formula is C12H11NO. The third-order valence-electron chi connectivity index (χ3n) is 1.99. The smallest absolute Gasteiger partial charge is 0.152 e. The molecule has 2 nitrogen and oxygen atoms in total. The minimum absolute atomic E-state index is 0.852. The van der Waals surface area contributed by atoms with Gasteiger partial charge in [-0.1, -0.05) is 5.92 Å². The number of benzene rings is 1. The minimum Gasteiger partial charge on any atom is -0.496 e. The second-order valence-electron chi connectivity index (χ2n) is 3.00. The largest absolute Gasteiger partial charge is 0.496 e. The molecule has 0 amide bonds. The van der Waals surface area contributed by atoms with E-state index >= 15 is 0 Å². The van der Waals surface area contributed by atoms with E-state index < -0.39 is 0 Å². The monoisotopic (exact) mass is 185 g/mol. The van der Waals surface area contributed by atoms with Gasteiger partial charge in [0.25, 0.3) is 0 Å². The van der Waals surface area contributed by atoms with Gasteiger partial charge in [0.15, 0.2) is 6.07 Å². The third kappa shape index (κ3) is 2.06. The molecule has 0 saturated carbocycles. The Hall–Kier alpha value is -1.93. The maximum atomic E-state index is 8.34. The Morgan fingerprint density at radius 1 is 1.21 bits per heavy atom. The summed E-state index contributed by atoms with van der Waals surface area (Å²) in [6, 6.07) is 5.66. The zero-order valence-electron chi connectivity index (χ0n) is 8.51. The van der Waals surface area contributed by atoms with Gasteiger partial charge in [-0.2, -0.15) is 5.26 Å². The van der Waals surface area contributed by atoms with Crippen molar-refractivity contribution in [3.05, 3.63) is 28.8 Å². The summed E-state index contributed by atoms with van der Waals surface area (Å²) >= 11 is 0. The van der Waals surface area contributed by atoms with Crippen molar-refractivity contribution in [2.75, 3.05) is 7.11 Å². The van der Waals surface area contributed by atoms with E-state index in [0.717, 1.165) is 22.4 Å². The summed E-state index contributed by atoms with van der Waals surface area (Å²) in [5, 5.41) is 8.34. The van der Waals surface area contributed by atoms with E-state index in [2.05, 4.69) is 11.8 Å². The average molecular weight is 185 g/mol. The number of nitrogens with zero attached hydrogens (tertiary/aromatic N) is 1. The first kappa shape index (κ1) is 10.2. The van der Waals surface area contributed by atoms with Gasteiger partial charge >= 0.3 is 0 Å². The molecule has 0 spiro atoms. The number of methoxy groups -OCH3 is 1. The Bertz CT molecular complexity index is 444. The van der Waals surface area contributed by atoms with Crippen molar-refractivity contribution in [2.24, 2.45) is 0 Å². The van der Waals surface area contributed by atoms with Crippen LogP contribution in [0.25, 0.3) is 0 Å². The van der Waals surface area contributed by atoms with Crippen LogP contribution in [0.5, 0.6) is 5.75 Å². The van der Waals surface area contributed by atoms with Gasteiger partial charge in [0, 0.05) is 11.5 Å². The van der Waals surface area contributed by atoms with Gasteiger partial charge in [0.05, 0.1) is 7.11 Å². The summed E-state index contributed by atoms with van der Waals surface area (Å²) in [7, 11) is 1.64. The molecule has 0 atom stereocenters. The van der Waals surface area contributed by atoms with Gasteiger partial charge in [0.2, 0.25) is 0 Å². The van der Waals surface area contributed by atoms with Crippen molar-refractivity contribution in [1.82, 2.24) is 0 Å². The third-order valence-corrected chi connectivity index (χ3v) is 1.99. The van der Waals surface area contributed by atoms with Crippen molar-refractivity contribution in [2.45, 2.75) is 13.8 Å². The fourth-order valence-electron chi connectivity index (χ4n) is 1.24. The average Bonchev–Trinajstić information content (AvgIpc) is 2.18. The Morgan fingerprint density at radius 3 is 2.50 bits per heavy atom. The van der Waals surface area contributed by atoms with Gasteiger partial charge in [-0.05, 0) is 37.1 Å². The van der Waals surface area contributed by atoms with Crippen molar-refractivity contribution in [3.8, 4) is 23.7 Å². The lowest BCUT2D eigenvalue weighted by Crippen LogP contribution is -1.91. The first-order valence-corrected chi connectivity index (χ1v) is 4.24. The predicted molar refractivity (Wildman–Crippen MR) is 55.0 cm³/mol. The molecule has 0 heterocycles. The normalized spacial score (nSPS) is 8.43. The van der Waals surface area contributed by atoms with E-state index in [9.17, 15) is 0 Å². The molecule has 0 saturated heterocycles. The topological polar surface area (TPSA) is 33.0 Å². The number of hydrogen-bond donors (Lipinski definition) is 0. The van der Waals surface area contributed by atoms with E-state index in [4.69, 9.17) is 10.00 Å². The molecule has 1 aromatic carbocycles. The summed E-state index contributed by atoms with van der Waals surface area (Å²) in [6.07, 6.45) is 0. The van der Waals surface area contributed by atoms with Crippen LogP contribution in [0.2, 0.25) is 0 Å². The van der Waals surface area contributed by atoms with Crippen molar-refractivity contribution >= 4 is 0 Å². The Balaban J connectivity index is 3.23. The maximum Gasteiger partial charge on any atom is 0.152 e. The molecule has 0 aliphatic carbocycles. The van der Waals surface area contributed by atoms with Crippen LogP contribution in [0.1, 0.15) is 16.7 Å². The molecule has 0 unspecified atom stereocenters. The van der Waals surface area contributed by atoms with E-state index in [1.165, 1.54) is 0 Å². The summed E-state index contributed by atoms with van der Waals surface area (Å²) < 4.78 is 5.17. The molecule has 1 aromatic rings. The first-order chi connectivity index (χ1) is 6.69. The lowest BCUT2D eigenvalue weighted by atomic mass is 10.1. The quantitative estimate of drug-likeness (QED) is 0.628. The standard InChI is InChI=1S/C12H11NO/c1-9-8-12(14-3)10(2)7-11(9)5-4-6-13/h7-8H,1-3H3. The van der Waals surface area contributed by atoms with E-state index in [1.807, 2.05) is 26.0 Å². The van der Waals surface area contributed by atoms with E-state index in [1.54, 1.807) is 13.2 Å². The fourth-order valence-corrected chi connectivity index (χ4v) is 1.24. The Morgan fingerprint density at radius 2 is 1.93 bits per heavy atom. The second kappa shape index (κ2) is 4.35. The molecule has 0 aliphatic rings. The highest BCUT2D eigenvalue weighted by Gasteiger charge is 2.02. The van der Waals surface area contributed by atoms with Crippen molar-refractivity contribution in [3.63, 3.8) is 0 Å². The highest BCUT2D eigenvalue weighted by atomic mass is 16.5. The van der Waals surface area contributed by atoms with Gasteiger partial charge in [0.1, 0.15) is 5.75 Å². The lowest BCUT2D eigenvalue weighted by molar-refractivity contribution is 0.411. The molecule has 1 rings (SSSR count). The minimum atomic E-state index is 0.852. The molecule has 0 N–H and O–H groups in total. The van der Waals surface area contributed by atoms with Crippen LogP contribution < -0.4 is 4.74 Å². The fraction of sp³-hybridized carbons (Fsp3) is 0.250. The van der Waals surface area contributed by atoms with Gasteiger partial charge in [-0.3, -0.25) is 0 Å². The van der Waals surface area contributed by atoms with Gasteiger partial charge in [-0.25, -0.2) is 0 Å². The van der Waals surface area contributed by atoms with Gasteiger partial charge < -0.3 is 4.74 Å². The summed E-state index contributed by atoms with van der Waals surface area (Å²) in [6.45, 7) is 3.90. The highest BCUT2D eigenvalue weighted by Crippen LogP contribution is 2.21. The van der Waals surface area contributed by atoms with Crippen LogP contribution >= 0.6 is 0 Å². The Kier molecular flexibility index (Phi) is 3.15. The molecule has 0 aromatic heterocycles. The zero-order valence-corrected chi connectivity index (χ0v) is 8.51. The lowest BCUT2D eigenvalue weighted by Gasteiger charge is -2.06. The highest BCUT2D eigenvalue weighted by molar-refractivity contribution is 5.49. The second-order valence-corrected chi connectivity index (χ2v) is 3.00. The molecule has 14 heavy (non-hydrogen) atoms. The number of aryl methyl sites for hydroxylation is 2. The van der Waals surface area contributed by atoms with Crippen molar-refractivity contribution in [1.29, 1.82) is 5.26 Å². The Labute approximate surface area is 84.1 Å². The molecule has 2 heteroatoms. The molecule has 0 bridgehead atoms. The first-order valence-electron chi connectivity index (χ1n) is 4.24. The molecule has 70 valence electrons. The van der Waals surface area contributed by atoms with Crippen LogP contribution in [0.15, 0.2) is 12.1 Å². The molecule has 0 fully saturated rings. The van der Waals surface area contributed by atoms with Crippen LogP contribution in [0.3, 0.4) is 0 Å². The van der Waals surface area contributed by atoms with Crippen LogP contribution in [-0.2, 0) is 0 Å². The summed E-state index contributed by atoms with van der Waals surface area (Å²) in [4.78, 5) is 0. The van der Waals surface area contributed by atoms with Crippen molar-refractivity contribution < 1.29 is 4.74 Å². The van der Waals surface area contributed by atoms with Crippen LogP contribution in [0.4, 0.5) is 0 Å². The number of nitriles is 1. The van der Waals surface area contributed by atoms with Crippen LogP contribution in [0, 0.1) is 37.0 Å². The number of hydrogen-bond acceptors (Lipinski definition) is 2. The van der Waals surface area contributed by atoms with E-state index in [-0.39, 0.29) is 0 Å².